The Balaban J connectivity index is 1.49. The summed E-state index contributed by atoms with van der Waals surface area (Å²) in [4.78, 5) is 35.2. The van der Waals surface area contributed by atoms with Crippen molar-refractivity contribution in [2.75, 3.05) is 19.6 Å². The van der Waals surface area contributed by atoms with Gasteiger partial charge in [-0.25, -0.2) is 0 Å². The number of hydrogen-bond donors (Lipinski definition) is 0. The van der Waals surface area contributed by atoms with Gasteiger partial charge in [-0.3, -0.25) is 14.6 Å². The largest absolute Gasteiger partial charge is 0.489 e. The van der Waals surface area contributed by atoms with E-state index in [9.17, 15) is 35.9 Å². The van der Waals surface area contributed by atoms with Gasteiger partial charge >= 0.3 is 12.4 Å². The minimum absolute atomic E-state index is 0.0365. The number of carbonyl (C=O) groups excluding carboxylic acids is 2. The van der Waals surface area contributed by atoms with E-state index in [0.717, 1.165) is 42.7 Å². The van der Waals surface area contributed by atoms with E-state index in [-0.39, 0.29) is 50.8 Å². The molecule has 2 fully saturated rings. The van der Waals surface area contributed by atoms with Gasteiger partial charge in [0.2, 0.25) is 5.60 Å². The Morgan fingerprint density at radius 1 is 0.958 bits per heavy atom. The van der Waals surface area contributed by atoms with Gasteiger partial charge in [0, 0.05) is 51.3 Å². The molecule has 2 aliphatic rings. The highest BCUT2D eigenvalue weighted by Crippen LogP contribution is 2.41. The van der Waals surface area contributed by atoms with Gasteiger partial charge in [0.1, 0.15) is 17.6 Å². The number of piperidine rings is 2. The van der Waals surface area contributed by atoms with Gasteiger partial charge in [-0.05, 0) is 55.3 Å². The van der Waals surface area contributed by atoms with Gasteiger partial charge in [-0.15, -0.1) is 0 Å². The Labute approximate surface area is 278 Å². The van der Waals surface area contributed by atoms with Crippen LogP contribution in [-0.4, -0.2) is 64.0 Å². The Bertz CT molecular complexity index is 1590. The molecule has 2 aliphatic heterocycles. The second-order valence-electron chi connectivity index (χ2n) is 11.9. The first-order valence-corrected chi connectivity index (χ1v) is 16.0. The molecule has 48 heavy (non-hydrogen) atoms. The van der Waals surface area contributed by atoms with Gasteiger partial charge in [-0.1, -0.05) is 37.1 Å². The molecule has 0 unspecified atom stereocenters. The average molecular weight is 698 g/mol. The summed E-state index contributed by atoms with van der Waals surface area (Å²) in [5, 5.41) is 0.441. The summed E-state index contributed by atoms with van der Waals surface area (Å²) >= 11 is 6.25. The molecular weight excluding hydrogens is 664 g/mol. The first-order valence-electron chi connectivity index (χ1n) is 15.6. The number of carbonyl (C=O) groups is 2. The Hall–Kier alpha value is -4.00. The summed E-state index contributed by atoms with van der Waals surface area (Å²) in [5.74, 6) is -1.00. The van der Waals surface area contributed by atoms with Crippen LogP contribution in [0.5, 0.6) is 11.5 Å². The highest BCUT2D eigenvalue weighted by Gasteiger charge is 2.56. The first kappa shape index (κ1) is 35.3. The van der Waals surface area contributed by atoms with Crippen molar-refractivity contribution in [2.45, 2.75) is 75.5 Å². The molecule has 2 amide bonds. The molecule has 0 N–H and O–H groups in total. The van der Waals surface area contributed by atoms with Crippen molar-refractivity contribution in [3.8, 4) is 11.5 Å². The second kappa shape index (κ2) is 14.2. The molecule has 0 aliphatic carbocycles. The Kier molecular flexibility index (Phi) is 10.5. The molecule has 3 aromatic rings. The lowest BCUT2D eigenvalue weighted by Crippen LogP contribution is -2.68. The zero-order chi connectivity index (χ0) is 34.7. The molecule has 258 valence electrons. The zero-order valence-corrected chi connectivity index (χ0v) is 26.7. The quantitative estimate of drug-likeness (QED) is 0.223. The third-order valence-corrected chi connectivity index (χ3v) is 9.06. The van der Waals surface area contributed by atoms with E-state index in [1.807, 2.05) is 0 Å². The summed E-state index contributed by atoms with van der Waals surface area (Å²) in [5.41, 5.74) is -4.55. The second-order valence-corrected chi connectivity index (χ2v) is 12.3. The predicted molar refractivity (Wildman–Crippen MR) is 165 cm³/mol. The van der Waals surface area contributed by atoms with Crippen molar-refractivity contribution in [1.82, 2.24) is 14.8 Å². The standard InChI is InChI=1S/C34H34ClF6N3O4/c1-2-6-29-32(48-24-11-9-22(10-12-24)33(36,37)38,16-5-18-44(29)30(45)25-21-42-17-13-26(25)34(39,40)41)31(46)43-19-14-23(15-20-43)47-28-8-4-3-7-27(28)35/h3-4,7-13,17,21,23,29H,2,5-6,14-16,18-20H2,1H3/t29-,32+/m1/s1. The highest BCUT2D eigenvalue weighted by molar-refractivity contribution is 6.32. The molecule has 14 heteroatoms. The van der Waals surface area contributed by atoms with Crippen LogP contribution in [-0.2, 0) is 17.1 Å². The molecule has 7 nitrogen and oxygen atoms in total. The highest BCUT2D eigenvalue weighted by atomic mass is 35.5. The van der Waals surface area contributed by atoms with Gasteiger partial charge in [0.15, 0.2) is 0 Å². The number of pyridine rings is 1. The number of hydrogen-bond acceptors (Lipinski definition) is 5. The summed E-state index contributed by atoms with van der Waals surface area (Å²) in [7, 11) is 0. The van der Waals surface area contributed by atoms with Crippen molar-refractivity contribution in [3.05, 3.63) is 88.7 Å². The fraction of sp³-hybridized carbons (Fsp3) is 0.441. The summed E-state index contributed by atoms with van der Waals surface area (Å²) in [6.45, 7) is 2.31. The lowest BCUT2D eigenvalue weighted by atomic mass is 9.79. The minimum atomic E-state index is -4.84. The molecular formula is C34H34ClF6N3O4. The number of nitrogens with zero attached hydrogens (tertiary/aromatic N) is 3. The molecule has 0 bridgehead atoms. The molecule has 0 radical (unpaired) electrons. The number of benzene rings is 2. The molecule has 1 aromatic heterocycles. The summed E-state index contributed by atoms with van der Waals surface area (Å²) in [6.07, 6.45) is -6.19. The number of ether oxygens (including phenoxy) is 2. The summed E-state index contributed by atoms with van der Waals surface area (Å²) < 4.78 is 94.4. The lowest BCUT2D eigenvalue weighted by Gasteiger charge is -2.50. The van der Waals surface area contributed by atoms with Crippen LogP contribution in [0, 0.1) is 0 Å². The van der Waals surface area contributed by atoms with E-state index in [0.29, 0.717) is 30.0 Å². The van der Waals surface area contributed by atoms with Crippen LogP contribution >= 0.6 is 11.6 Å². The SMILES string of the molecule is CCC[C@H]1N(C(=O)c2cnccc2C(F)(F)F)CCC[C@@]1(Oc1ccc(C(F)(F)F)cc1)C(=O)N1CCC(Oc2ccccc2Cl)CC1. The third kappa shape index (κ3) is 7.50. The van der Waals surface area contributed by atoms with Crippen molar-refractivity contribution < 1.29 is 45.4 Å². The number of rotatable bonds is 8. The number of aromatic nitrogens is 1. The normalized spacial score (nSPS) is 20.8. The van der Waals surface area contributed by atoms with Crippen molar-refractivity contribution >= 4 is 23.4 Å². The maximum absolute atomic E-state index is 14.7. The van der Waals surface area contributed by atoms with Gasteiger partial charge in [0.25, 0.3) is 11.8 Å². The van der Waals surface area contributed by atoms with Crippen LogP contribution in [0.1, 0.15) is 66.9 Å². The Morgan fingerprint density at radius 2 is 1.65 bits per heavy atom. The molecule has 2 aromatic carbocycles. The van der Waals surface area contributed by atoms with E-state index in [2.05, 4.69) is 4.98 Å². The first-order chi connectivity index (χ1) is 22.7. The minimum Gasteiger partial charge on any atom is -0.489 e. The number of alkyl halides is 6. The predicted octanol–water partition coefficient (Wildman–Crippen LogP) is 8.07. The van der Waals surface area contributed by atoms with Gasteiger partial charge in [0.05, 0.1) is 27.8 Å². The number of likely N-dealkylation sites (tertiary alicyclic amines) is 2. The molecule has 3 heterocycles. The van der Waals surface area contributed by atoms with Crippen molar-refractivity contribution in [2.24, 2.45) is 0 Å². The van der Waals surface area contributed by atoms with E-state index in [1.54, 1.807) is 36.1 Å². The Morgan fingerprint density at radius 3 is 2.27 bits per heavy atom. The zero-order valence-electron chi connectivity index (χ0n) is 26.0. The van der Waals surface area contributed by atoms with E-state index >= 15 is 0 Å². The fourth-order valence-electron chi connectivity index (χ4n) is 6.46. The van der Waals surface area contributed by atoms with E-state index in [1.165, 1.54) is 4.90 Å². The molecule has 2 saturated heterocycles. The third-order valence-electron chi connectivity index (χ3n) is 8.74. The molecule has 2 atom stereocenters. The number of amides is 2. The van der Waals surface area contributed by atoms with Crippen molar-refractivity contribution in [1.29, 1.82) is 0 Å². The van der Waals surface area contributed by atoms with Crippen LogP contribution in [0.3, 0.4) is 0 Å². The van der Waals surface area contributed by atoms with Crippen molar-refractivity contribution in [3.63, 3.8) is 0 Å². The fourth-order valence-corrected chi connectivity index (χ4v) is 6.64. The van der Waals surface area contributed by atoms with Crippen LogP contribution in [0.4, 0.5) is 26.3 Å². The van der Waals surface area contributed by atoms with E-state index < -0.39 is 52.5 Å². The van der Waals surface area contributed by atoms with Crippen LogP contribution < -0.4 is 9.47 Å². The maximum atomic E-state index is 14.7. The maximum Gasteiger partial charge on any atom is 0.417 e. The average Bonchev–Trinajstić information content (AvgIpc) is 3.06. The molecule has 5 rings (SSSR count). The molecule has 0 spiro atoms. The molecule has 0 saturated carbocycles. The smallest absolute Gasteiger partial charge is 0.417 e. The topological polar surface area (TPSA) is 72.0 Å². The monoisotopic (exact) mass is 697 g/mol. The van der Waals surface area contributed by atoms with E-state index in [4.69, 9.17) is 21.1 Å². The number of para-hydroxylation sites is 1. The van der Waals surface area contributed by atoms with Crippen LogP contribution in [0.2, 0.25) is 5.02 Å². The lowest BCUT2D eigenvalue weighted by molar-refractivity contribution is -0.161. The number of halogens is 7. The van der Waals surface area contributed by atoms with Gasteiger partial charge < -0.3 is 19.3 Å². The van der Waals surface area contributed by atoms with Gasteiger partial charge in [-0.2, -0.15) is 26.3 Å². The van der Waals surface area contributed by atoms with Crippen LogP contribution in [0.25, 0.3) is 0 Å². The summed E-state index contributed by atoms with van der Waals surface area (Å²) in [6, 6.07) is 10.5. The van der Waals surface area contributed by atoms with Crippen LogP contribution in [0.15, 0.2) is 67.0 Å².